The Balaban J connectivity index is 1.13. The number of hydrogen-bond acceptors (Lipinski definition) is 7. The maximum absolute atomic E-state index is 13.6. The summed E-state index contributed by atoms with van der Waals surface area (Å²) in [5.41, 5.74) is 1.45. The molecule has 0 radical (unpaired) electrons. The van der Waals surface area contributed by atoms with Crippen molar-refractivity contribution in [2.75, 3.05) is 34.8 Å². The zero-order valence-corrected chi connectivity index (χ0v) is 23.5. The van der Waals surface area contributed by atoms with Crippen LogP contribution in [0.3, 0.4) is 0 Å². The van der Waals surface area contributed by atoms with Gasteiger partial charge in [-0.25, -0.2) is 14.8 Å². The number of hydrogen-bond donors (Lipinski definition) is 2. The van der Waals surface area contributed by atoms with E-state index in [-0.39, 0.29) is 23.7 Å². The Labute approximate surface area is 242 Å². The number of urea groups is 1. The molecular weight excluding hydrogens is 553 g/mol. The van der Waals surface area contributed by atoms with Crippen molar-refractivity contribution in [3.8, 4) is 0 Å². The van der Waals surface area contributed by atoms with Gasteiger partial charge in [0.05, 0.1) is 24.4 Å². The van der Waals surface area contributed by atoms with Gasteiger partial charge >= 0.3 is 12.2 Å². The van der Waals surface area contributed by atoms with Crippen LogP contribution in [-0.2, 0) is 15.9 Å². The number of nitrogens with zero attached hydrogens (tertiary/aromatic N) is 4. The van der Waals surface area contributed by atoms with Crippen LogP contribution in [0.2, 0.25) is 0 Å². The third-order valence-electron chi connectivity index (χ3n) is 8.59. The summed E-state index contributed by atoms with van der Waals surface area (Å²) in [6.45, 7) is 2.74. The Morgan fingerprint density at radius 3 is 2.79 bits per heavy atom. The number of rotatable bonds is 6. The van der Waals surface area contributed by atoms with E-state index in [1.807, 2.05) is 17.4 Å². The molecule has 1 spiro atoms. The Bertz CT molecular complexity index is 1330. The number of aromatic nitrogens is 2. The molecule has 3 amide bonds. The Morgan fingerprint density at radius 2 is 2.00 bits per heavy atom. The number of alkyl halides is 3. The molecule has 10 nitrogen and oxygen atoms in total. The fraction of sp³-hybridized carbons (Fsp3) is 0.586. The average Bonchev–Trinajstić information content (AvgIpc) is 3.56. The molecule has 5 heterocycles. The fourth-order valence-electron chi connectivity index (χ4n) is 6.26. The average molecular weight is 589 g/mol. The van der Waals surface area contributed by atoms with Crippen LogP contribution in [0.25, 0.3) is 0 Å². The molecule has 3 atom stereocenters. The van der Waals surface area contributed by atoms with Gasteiger partial charge < -0.3 is 19.7 Å². The number of nitrogens with one attached hydrogen (secondary N) is 2. The van der Waals surface area contributed by atoms with Crippen molar-refractivity contribution >= 4 is 29.3 Å². The summed E-state index contributed by atoms with van der Waals surface area (Å²) in [5.74, 6) is -0.762. The first kappa shape index (κ1) is 28.7. The number of amides is 3. The maximum Gasteiger partial charge on any atom is 0.408 e. The third-order valence-corrected chi connectivity index (χ3v) is 8.59. The van der Waals surface area contributed by atoms with Crippen LogP contribution in [-0.4, -0.2) is 71.8 Å². The van der Waals surface area contributed by atoms with Gasteiger partial charge in [0, 0.05) is 32.1 Å². The molecule has 2 N–H and O–H groups in total. The van der Waals surface area contributed by atoms with E-state index < -0.39 is 29.9 Å². The number of carbonyl (C=O) groups excluding carboxylic acids is 2. The van der Waals surface area contributed by atoms with Crippen molar-refractivity contribution in [2.45, 2.75) is 88.4 Å². The lowest BCUT2D eigenvalue weighted by molar-refractivity contribution is -0.187. The SMILES string of the molecule is C[C@@H](NC(=O)c1ccc2c(n1)N(C(=O)Nc1cc(CCC3COC4(CCCCC4)O3)ccn1)C1CCN2C1)C(F)(F)F. The summed E-state index contributed by atoms with van der Waals surface area (Å²) >= 11 is 0. The highest BCUT2D eigenvalue weighted by molar-refractivity contribution is 6.05. The molecule has 3 aliphatic heterocycles. The Kier molecular flexibility index (Phi) is 7.73. The molecule has 1 aliphatic carbocycles. The van der Waals surface area contributed by atoms with Gasteiger partial charge in [0.1, 0.15) is 17.6 Å². The van der Waals surface area contributed by atoms with E-state index in [2.05, 4.69) is 20.2 Å². The predicted octanol–water partition coefficient (Wildman–Crippen LogP) is 4.80. The van der Waals surface area contributed by atoms with Crippen molar-refractivity contribution in [3.05, 3.63) is 41.7 Å². The van der Waals surface area contributed by atoms with Crippen LogP contribution in [0, 0.1) is 0 Å². The van der Waals surface area contributed by atoms with Crippen LogP contribution < -0.4 is 20.4 Å². The number of pyridine rings is 2. The summed E-state index contributed by atoms with van der Waals surface area (Å²) in [4.78, 5) is 38.4. The van der Waals surface area contributed by atoms with Crippen LogP contribution in [0.15, 0.2) is 30.5 Å². The zero-order chi connectivity index (χ0) is 29.5. The van der Waals surface area contributed by atoms with Crippen molar-refractivity contribution < 1.29 is 32.2 Å². The van der Waals surface area contributed by atoms with Gasteiger partial charge in [-0.1, -0.05) is 6.42 Å². The molecule has 3 fully saturated rings. The normalized spacial score (nSPS) is 23.5. The van der Waals surface area contributed by atoms with Crippen molar-refractivity contribution in [1.82, 2.24) is 15.3 Å². The van der Waals surface area contributed by atoms with E-state index in [0.29, 0.717) is 37.6 Å². The second-order valence-corrected chi connectivity index (χ2v) is 11.6. The van der Waals surface area contributed by atoms with Crippen molar-refractivity contribution in [1.29, 1.82) is 0 Å². The van der Waals surface area contributed by atoms with E-state index in [1.54, 1.807) is 12.3 Å². The number of anilines is 3. The third kappa shape index (κ3) is 5.89. The van der Waals surface area contributed by atoms with Gasteiger partial charge in [-0.3, -0.25) is 15.0 Å². The quantitative estimate of drug-likeness (QED) is 0.499. The molecule has 2 aromatic rings. The topological polar surface area (TPSA) is 109 Å². The largest absolute Gasteiger partial charge is 0.408 e. The summed E-state index contributed by atoms with van der Waals surface area (Å²) in [6.07, 6.45) is 4.66. The van der Waals surface area contributed by atoms with Crippen LogP contribution in [0.4, 0.5) is 35.3 Å². The van der Waals surface area contributed by atoms with E-state index in [4.69, 9.17) is 9.47 Å². The number of halogens is 3. The summed E-state index contributed by atoms with van der Waals surface area (Å²) in [6, 6.07) is 4.03. The highest BCUT2D eigenvalue weighted by atomic mass is 19.4. The molecule has 0 aromatic carbocycles. The van der Waals surface area contributed by atoms with Gasteiger partial charge in [-0.2, -0.15) is 13.2 Å². The fourth-order valence-corrected chi connectivity index (χ4v) is 6.26. The number of carbonyl (C=O) groups is 2. The first-order chi connectivity index (χ1) is 20.1. The van der Waals surface area contributed by atoms with E-state index >= 15 is 0 Å². The van der Waals surface area contributed by atoms with Crippen LogP contribution in [0.1, 0.15) is 67.9 Å². The van der Waals surface area contributed by atoms with Crippen molar-refractivity contribution in [2.24, 2.45) is 0 Å². The highest BCUT2D eigenvalue weighted by Crippen LogP contribution is 2.40. The molecule has 4 aliphatic rings. The summed E-state index contributed by atoms with van der Waals surface area (Å²) in [7, 11) is 0. The van der Waals surface area contributed by atoms with Gasteiger partial charge in [-0.05, 0) is 68.9 Å². The minimum absolute atomic E-state index is 0.0288. The van der Waals surface area contributed by atoms with Gasteiger partial charge in [0.15, 0.2) is 11.6 Å². The molecule has 42 heavy (non-hydrogen) atoms. The van der Waals surface area contributed by atoms with E-state index in [0.717, 1.165) is 51.0 Å². The lowest BCUT2D eigenvalue weighted by atomic mass is 9.94. The second-order valence-electron chi connectivity index (χ2n) is 11.6. The van der Waals surface area contributed by atoms with Crippen molar-refractivity contribution in [3.63, 3.8) is 0 Å². The smallest absolute Gasteiger partial charge is 0.366 e. The Morgan fingerprint density at radius 1 is 1.19 bits per heavy atom. The zero-order valence-electron chi connectivity index (χ0n) is 23.5. The molecule has 2 aromatic heterocycles. The van der Waals surface area contributed by atoms with E-state index in [9.17, 15) is 22.8 Å². The molecule has 2 saturated heterocycles. The van der Waals surface area contributed by atoms with E-state index in [1.165, 1.54) is 17.4 Å². The summed E-state index contributed by atoms with van der Waals surface area (Å²) in [5, 5.41) is 4.80. The number of aryl methyl sites for hydroxylation is 1. The van der Waals surface area contributed by atoms with Crippen LogP contribution >= 0.6 is 0 Å². The Hall–Kier alpha value is -3.45. The van der Waals surface area contributed by atoms with Gasteiger partial charge in [-0.15, -0.1) is 0 Å². The lowest BCUT2D eigenvalue weighted by Gasteiger charge is -2.35. The highest BCUT2D eigenvalue weighted by Gasteiger charge is 2.43. The summed E-state index contributed by atoms with van der Waals surface area (Å²) < 4.78 is 51.3. The molecule has 1 saturated carbocycles. The first-order valence-corrected chi connectivity index (χ1v) is 14.6. The standard InChI is InChI=1S/C29H35F3N6O4/c1-18(29(30,31)32)34-26(39)22-7-8-23-25(35-22)38(20-10-14-37(23)16-20)27(40)36-24-15-19(9-13-33-24)5-6-21-17-41-28(42-21)11-3-2-4-12-28/h7-9,13,15,18,20-21H,2-6,10-12,14,16-17H2,1H3,(H,34,39)(H,33,36,40)/t18-,20?,21?/m1/s1. The minimum Gasteiger partial charge on any atom is -0.366 e. The molecule has 6 rings (SSSR count). The number of fused-ring (bicyclic) bond motifs is 4. The lowest BCUT2D eigenvalue weighted by Crippen LogP contribution is -2.49. The monoisotopic (exact) mass is 588 g/mol. The second kappa shape index (κ2) is 11.3. The molecule has 226 valence electrons. The van der Waals surface area contributed by atoms with Gasteiger partial charge in [0.25, 0.3) is 5.91 Å². The van der Waals surface area contributed by atoms with Gasteiger partial charge in [0.2, 0.25) is 0 Å². The maximum atomic E-state index is 13.6. The predicted molar refractivity (Wildman–Crippen MR) is 149 cm³/mol. The minimum atomic E-state index is -4.59. The molecule has 2 bridgehead atoms. The molecular formula is C29H35F3N6O4. The number of ether oxygens (including phenoxy) is 2. The molecule has 2 unspecified atom stereocenters. The van der Waals surface area contributed by atoms with Crippen LogP contribution in [0.5, 0.6) is 0 Å². The first-order valence-electron chi connectivity index (χ1n) is 14.6. The molecule has 13 heteroatoms.